The summed E-state index contributed by atoms with van der Waals surface area (Å²) < 4.78 is 49.0. The highest BCUT2D eigenvalue weighted by Gasteiger charge is 2.30. The molecule has 5 heteroatoms. The van der Waals surface area contributed by atoms with Crippen molar-refractivity contribution in [1.82, 2.24) is 0 Å². The minimum absolute atomic E-state index is 0.0919. The predicted octanol–water partition coefficient (Wildman–Crippen LogP) is 3.58. The largest absolute Gasteiger partial charge is 0.391 e. The normalized spacial score (nSPS) is 13.7. The highest BCUT2D eigenvalue weighted by Crippen LogP contribution is 2.23. The highest BCUT2D eigenvalue weighted by atomic mass is 19.4. The van der Waals surface area contributed by atoms with Gasteiger partial charge in [-0.1, -0.05) is 12.1 Å². The van der Waals surface area contributed by atoms with Gasteiger partial charge in [0.2, 0.25) is 0 Å². The summed E-state index contributed by atoms with van der Waals surface area (Å²) in [5, 5.41) is 2.47. The van der Waals surface area contributed by atoms with E-state index in [0.29, 0.717) is 0 Å². The first kappa shape index (κ1) is 11.8. The van der Waals surface area contributed by atoms with E-state index in [1.54, 1.807) is 6.07 Å². The SMILES string of the molecule is CC(CC(F)(F)F)Nc1ccccc1F. The third-order valence-electron chi connectivity index (χ3n) is 1.81. The molecule has 0 amide bonds. The molecule has 0 saturated carbocycles. The third-order valence-corrected chi connectivity index (χ3v) is 1.81. The van der Waals surface area contributed by atoms with Crippen molar-refractivity contribution in [2.75, 3.05) is 5.32 Å². The number of rotatable bonds is 3. The average molecular weight is 221 g/mol. The Bertz CT molecular complexity index is 321. The van der Waals surface area contributed by atoms with Gasteiger partial charge in [0.1, 0.15) is 5.82 Å². The predicted molar refractivity (Wildman–Crippen MR) is 50.2 cm³/mol. The van der Waals surface area contributed by atoms with Crippen molar-refractivity contribution in [3.05, 3.63) is 30.1 Å². The van der Waals surface area contributed by atoms with Gasteiger partial charge in [-0.25, -0.2) is 4.39 Å². The standard InChI is InChI=1S/C10H11F4N/c1-7(6-10(12,13)14)15-9-5-3-2-4-8(9)11/h2-5,7,15H,6H2,1H3. The van der Waals surface area contributed by atoms with Crippen LogP contribution in [-0.2, 0) is 0 Å². The van der Waals surface area contributed by atoms with E-state index >= 15 is 0 Å². The van der Waals surface area contributed by atoms with E-state index in [-0.39, 0.29) is 5.69 Å². The molecule has 0 aromatic heterocycles. The minimum Gasteiger partial charge on any atom is -0.380 e. The summed E-state index contributed by atoms with van der Waals surface area (Å²) in [5.74, 6) is -0.550. The first-order valence-electron chi connectivity index (χ1n) is 4.46. The van der Waals surface area contributed by atoms with Crippen molar-refractivity contribution >= 4 is 5.69 Å². The quantitative estimate of drug-likeness (QED) is 0.769. The zero-order chi connectivity index (χ0) is 11.5. The van der Waals surface area contributed by atoms with Crippen molar-refractivity contribution in [3.8, 4) is 0 Å². The summed E-state index contributed by atoms with van der Waals surface area (Å²) in [7, 11) is 0. The number of hydrogen-bond acceptors (Lipinski definition) is 1. The molecule has 1 atom stereocenters. The van der Waals surface area contributed by atoms with E-state index in [4.69, 9.17) is 0 Å². The fourth-order valence-electron chi connectivity index (χ4n) is 1.24. The Morgan fingerprint density at radius 1 is 1.27 bits per heavy atom. The molecule has 0 saturated heterocycles. The second kappa shape index (κ2) is 4.51. The van der Waals surface area contributed by atoms with E-state index in [0.717, 1.165) is 0 Å². The van der Waals surface area contributed by atoms with Crippen LogP contribution in [0.1, 0.15) is 13.3 Å². The molecule has 15 heavy (non-hydrogen) atoms. The zero-order valence-electron chi connectivity index (χ0n) is 8.11. The Kier molecular flexibility index (Phi) is 3.55. The second-order valence-corrected chi connectivity index (χ2v) is 3.34. The van der Waals surface area contributed by atoms with E-state index in [9.17, 15) is 17.6 Å². The molecule has 1 aromatic carbocycles. The summed E-state index contributed by atoms with van der Waals surface area (Å²) in [5.41, 5.74) is 0.0919. The van der Waals surface area contributed by atoms with E-state index in [2.05, 4.69) is 5.32 Å². The van der Waals surface area contributed by atoms with Crippen LogP contribution < -0.4 is 5.32 Å². The van der Waals surface area contributed by atoms with Crippen LogP contribution >= 0.6 is 0 Å². The molecule has 1 rings (SSSR count). The molecule has 0 aliphatic heterocycles. The molecule has 0 aliphatic carbocycles. The zero-order valence-corrected chi connectivity index (χ0v) is 8.11. The van der Waals surface area contributed by atoms with E-state index in [1.807, 2.05) is 0 Å². The lowest BCUT2D eigenvalue weighted by Crippen LogP contribution is -2.24. The van der Waals surface area contributed by atoms with E-state index in [1.165, 1.54) is 25.1 Å². The topological polar surface area (TPSA) is 12.0 Å². The van der Waals surface area contributed by atoms with Gasteiger partial charge in [0, 0.05) is 6.04 Å². The molecular weight excluding hydrogens is 210 g/mol. The third kappa shape index (κ3) is 4.18. The van der Waals surface area contributed by atoms with Gasteiger partial charge in [-0.15, -0.1) is 0 Å². The Morgan fingerprint density at radius 3 is 2.40 bits per heavy atom. The molecule has 0 radical (unpaired) electrons. The fraction of sp³-hybridized carbons (Fsp3) is 0.400. The molecule has 0 bridgehead atoms. The van der Waals surface area contributed by atoms with Gasteiger partial charge in [0.05, 0.1) is 12.1 Å². The summed E-state index contributed by atoms with van der Waals surface area (Å²) >= 11 is 0. The van der Waals surface area contributed by atoms with Crippen LogP contribution in [0.3, 0.4) is 0 Å². The molecular formula is C10H11F4N. The van der Waals surface area contributed by atoms with Crippen LogP contribution in [0.2, 0.25) is 0 Å². The van der Waals surface area contributed by atoms with Crippen molar-refractivity contribution in [3.63, 3.8) is 0 Å². The molecule has 0 aliphatic rings. The Labute approximate surface area is 85.1 Å². The fourth-order valence-corrected chi connectivity index (χ4v) is 1.24. The van der Waals surface area contributed by atoms with Crippen LogP contribution in [0.25, 0.3) is 0 Å². The van der Waals surface area contributed by atoms with Crippen molar-refractivity contribution in [1.29, 1.82) is 0 Å². The van der Waals surface area contributed by atoms with Gasteiger partial charge in [0.15, 0.2) is 0 Å². The summed E-state index contributed by atoms with van der Waals surface area (Å²) in [6, 6.07) is 4.80. The van der Waals surface area contributed by atoms with Gasteiger partial charge < -0.3 is 5.32 Å². The number of anilines is 1. The van der Waals surface area contributed by atoms with Crippen molar-refractivity contribution in [2.24, 2.45) is 0 Å². The average Bonchev–Trinajstić information content (AvgIpc) is 2.05. The van der Waals surface area contributed by atoms with Crippen LogP contribution in [0.15, 0.2) is 24.3 Å². The summed E-state index contributed by atoms with van der Waals surface area (Å²) in [6.45, 7) is 1.36. The van der Waals surface area contributed by atoms with Gasteiger partial charge in [0.25, 0.3) is 0 Å². The maximum absolute atomic E-state index is 13.0. The van der Waals surface area contributed by atoms with Gasteiger partial charge in [-0.05, 0) is 19.1 Å². The Hall–Kier alpha value is -1.26. The molecule has 1 nitrogen and oxygen atoms in total. The monoisotopic (exact) mass is 221 g/mol. The number of nitrogens with one attached hydrogen (secondary N) is 1. The van der Waals surface area contributed by atoms with Crippen LogP contribution in [0, 0.1) is 5.82 Å². The Morgan fingerprint density at radius 2 is 1.87 bits per heavy atom. The molecule has 1 N–H and O–H groups in total. The van der Waals surface area contributed by atoms with Crippen molar-refractivity contribution in [2.45, 2.75) is 25.6 Å². The molecule has 1 aromatic rings. The number of halogens is 4. The van der Waals surface area contributed by atoms with Gasteiger partial charge in [-0.2, -0.15) is 13.2 Å². The van der Waals surface area contributed by atoms with Crippen LogP contribution in [0.5, 0.6) is 0 Å². The van der Waals surface area contributed by atoms with Gasteiger partial charge in [-0.3, -0.25) is 0 Å². The highest BCUT2D eigenvalue weighted by molar-refractivity contribution is 5.44. The maximum Gasteiger partial charge on any atom is 0.391 e. The maximum atomic E-state index is 13.0. The molecule has 0 heterocycles. The lowest BCUT2D eigenvalue weighted by molar-refractivity contribution is -0.136. The van der Waals surface area contributed by atoms with E-state index < -0.39 is 24.5 Å². The van der Waals surface area contributed by atoms with Crippen molar-refractivity contribution < 1.29 is 17.6 Å². The second-order valence-electron chi connectivity index (χ2n) is 3.34. The lowest BCUT2D eigenvalue weighted by Gasteiger charge is -2.17. The smallest absolute Gasteiger partial charge is 0.380 e. The molecule has 84 valence electrons. The summed E-state index contributed by atoms with van der Waals surface area (Å²) in [6.07, 6.45) is -5.22. The number of benzene rings is 1. The first-order chi connectivity index (χ1) is 6.88. The number of alkyl halides is 3. The molecule has 0 fully saturated rings. The summed E-state index contributed by atoms with van der Waals surface area (Å²) in [4.78, 5) is 0. The lowest BCUT2D eigenvalue weighted by atomic mass is 10.2. The van der Waals surface area contributed by atoms with Crippen LogP contribution in [-0.4, -0.2) is 12.2 Å². The number of para-hydroxylation sites is 1. The first-order valence-corrected chi connectivity index (χ1v) is 4.46. The minimum atomic E-state index is -4.24. The molecule has 0 spiro atoms. The Balaban J connectivity index is 2.59. The number of hydrogen-bond donors (Lipinski definition) is 1. The molecule has 1 unspecified atom stereocenters. The van der Waals surface area contributed by atoms with Crippen LogP contribution in [0.4, 0.5) is 23.2 Å². The van der Waals surface area contributed by atoms with Gasteiger partial charge >= 0.3 is 6.18 Å².